The summed E-state index contributed by atoms with van der Waals surface area (Å²) in [6.07, 6.45) is 0.423. The van der Waals surface area contributed by atoms with Crippen molar-refractivity contribution in [3.05, 3.63) is 65.2 Å². The Labute approximate surface area is 131 Å². The lowest BCUT2D eigenvalue weighted by molar-refractivity contribution is -0.143. The maximum absolute atomic E-state index is 11.9. The lowest BCUT2D eigenvalue weighted by atomic mass is 9.77. The fraction of sp³-hybridized carbons (Fsp3) is 0.316. The van der Waals surface area contributed by atoms with Gasteiger partial charge in [0.25, 0.3) is 0 Å². The maximum Gasteiger partial charge on any atom is 0.314 e. The van der Waals surface area contributed by atoms with Crippen molar-refractivity contribution in [3.63, 3.8) is 0 Å². The molecule has 1 unspecified atom stereocenters. The van der Waals surface area contributed by atoms with Crippen molar-refractivity contribution in [3.8, 4) is 5.75 Å². The van der Waals surface area contributed by atoms with E-state index >= 15 is 0 Å². The van der Waals surface area contributed by atoms with Crippen molar-refractivity contribution in [2.24, 2.45) is 0 Å². The topological polar surface area (TPSA) is 46.5 Å². The van der Waals surface area contributed by atoms with Gasteiger partial charge in [-0.1, -0.05) is 42.0 Å². The summed E-state index contributed by atoms with van der Waals surface area (Å²) in [5.74, 6) is -0.0445. The zero-order chi connectivity index (χ0) is 16.2. The summed E-state index contributed by atoms with van der Waals surface area (Å²) in [5.41, 5.74) is 1.88. The van der Waals surface area contributed by atoms with E-state index in [1.165, 1.54) is 0 Å². The summed E-state index contributed by atoms with van der Waals surface area (Å²) < 4.78 is 5.50. The minimum Gasteiger partial charge on any atom is -0.494 e. The number of ether oxygens (including phenoxy) is 1. The fourth-order valence-corrected chi connectivity index (χ4v) is 2.61. The van der Waals surface area contributed by atoms with Crippen LogP contribution < -0.4 is 4.74 Å². The molecule has 0 spiro atoms. The lowest BCUT2D eigenvalue weighted by Gasteiger charge is -2.26. The van der Waals surface area contributed by atoms with E-state index in [4.69, 9.17) is 4.74 Å². The Morgan fingerprint density at radius 1 is 1.18 bits per heavy atom. The normalized spacial score (nSPS) is 13.4. The Morgan fingerprint density at radius 2 is 1.91 bits per heavy atom. The summed E-state index contributed by atoms with van der Waals surface area (Å²) in [5, 5.41) is 9.78. The molecule has 0 heterocycles. The first kappa shape index (κ1) is 16.1. The van der Waals surface area contributed by atoms with Crippen LogP contribution in [-0.2, 0) is 16.6 Å². The van der Waals surface area contributed by atoms with E-state index in [0.29, 0.717) is 13.0 Å². The second-order valence-corrected chi connectivity index (χ2v) is 5.76. The van der Waals surface area contributed by atoms with Crippen molar-refractivity contribution >= 4 is 5.97 Å². The Morgan fingerprint density at radius 3 is 2.55 bits per heavy atom. The third-order valence-corrected chi connectivity index (χ3v) is 3.89. The molecule has 1 atom stereocenters. The molecule has 0 amide bonds. The molecule has 0 aliphatic heterocycles. The molecule has 2 aromatic rings. The maximum atomic E-state index is 11.9. The van der Waals surface area contributed by atoms with Gasteiger partial charge in [-0.3, -0.25) is 4.79 Å². The van der Waals surface area contributed by atoms with Crippen LogP contribution in [0.15, 0.2) is 48.5 Å². The fourth-order valence-electron chi connectivity index (χ4n) is 2.61. The van der Waals surface area contributed by atoms with Gasteiger partial charge >= 0.3 is 5.97 Å². The van der Waals surface area contributed by atoms with E-state index in [2.05, 4.69) is 0 Å². The van der Waals surface area contributed by atoms with E-state index in [0.717, 1.165) is 22.4 Å². The second kappa shape index (κ2) is 6.65. The van der Waals surface area contributed by atoms with Crippen molar-refractivity contribution in [1.82, 2.24) is 0 Å². The number of carboxylic acids is 1. The summed E-state index contributed by atoms with van der Waals surface area (Å²) in [6, 6.07) is 15.4. The summed E-state index contributed by atoms with van der Waals surface area (Å²) in [4.78, 5) is 11.9. The standard InChI is InChI=1S/C19H22O3/c1-4-22-17-10-6-8-15(12-17)13-19(3,18(20)21)16-9-5-7-14(2)11-16/h5-12H,4,13H2,1-3H3,(H,20,21). The van der Waals surface area contributed by atoms with E-state index in [1.54, 1.807) is 6.92 Å². The number of carboxylic acid groups (broad SMARTS) is 1. The molecular formula is C19H22O3. The Bertz CT molecular complexity index is 663. The number of benzene rings is 2. The molecule has 0 aliphatic rings. The number of carbonyl (C=O) groups is 1. The van der Waals surface area contributed by atoms with Crippen LogP contribution in [0.25, 0.3) is 0 Å². The highest BCUT2D eigenvalue weighted by Crippen LogP contribution is 2.30. The van der Waals surface area contributed by atoms with Crippen LogP contribution in [-0.4, -0.2) is 17.7 Å². The second-order valence-electron chi connectivity index (χ2n) is 5.76. The van der Waals surface area contributed by atoms with Crippen molar-refractivity contribution in [2.45, 2.75) is 32.6 Å². The molecule has 0 saturated heterocycles. The third-order valence-electron chi connectivity index (χ3n) is 3.89. The van der Waals surface area contributed by atoms with Crippen LogP contribution in [0.1, 0.15) is 30.5 Å². The molecule has 0 saturated carbocycles. The first-order valence-corrected chi connectivity index (χ1v) is 7.48. The third kappa shape index (κ3) is 3.48. The quantitative estimate of drug-likeness (QED) is 0.877. The minimum atomic E-state index is -0.961. The van der Waals surface area contributed by atoms with Crippen LogP contribution in [0.5, 0.6) is 5.75 Å². The summed E-state index contributed by atoms with van der Waals surface area (Å²) in [7, 11) is 0. The van der Waals surface area contributed by atoms with Crippen LogP contribution in [0.4, 0.5) is 0 Å². The average molecular weight is 298 g/mol. The van der Waals surface area contributed by atoms with Gasteiger partial charge in [0, 0.05) is 0 Å². The van der Waals surface area contributed by atoms with Gasteiger partial charge < -0.3 is 9.84 Å². The highest BCUT2D eigenvalue weighted by Gasteiger charge is 2.35. The molecule has 0 aliphatic carbocycles. The van der Waals surface area contributed by atoms with Gasteiger partial charge in [0.1, 0.15) is 5.75 Å². The predicted octanol–water partition coefficient (Wildman–Crippen LogP) is 3.98. The molecule has 1 N–H and O–H groups in total. The van der Waals surface area contributed by atoms with Crippen LogP contribution in [0, 0.1) is 6.92 Å². The van der Waals surface area contributed by atoms with Gasteiger partial charge in [0.15, 0.2) is 0 Å². The Kier molecular flexibility index (Phi) is 4.86. The van der Waals surface area contributed by atoms with Gasteiger partial charge in [-0.2, -0.15) is 0 Å². The molecule has 116 valence electrons. The van der Waals surface area contributed by atoms with Crippen molar-refractivity contribution in [2.75, 3.05) is 6.61 Å². The molecule has 0 aromatic heterocycles. The number of hydrogen-bond acceptors (Lipinski definition) is 2. The predicted molar refractivity (Wildman–Crippen MR) is 87.5 cm³/mol. The van der Waals surface area contributed by atoms with E-state index in [1.807, 2.05) is 62.4 Å². The highest BCUT2D eigenvalue weighted by atomic mass is 16.5. The van der Waals surface area contributed by atoms with Crippen LogP contribution in [0.2, 0.25) is 0 Å². The number of aryl methyl sites for hydroxylation is 1. The highest BCUT2D eigenvalue weighted by molar-refractivity contribution is 5.81. The molecule has 0 radical (unpaired) electrons. The smallest absolute Gasteiger partial charge is 0.314 e. The summed E-state index contributed by atoms with van der Waals surface area (Å²) >= 11 is 0. The molecular weight excluding hydrogens is 276 g/mol. The zero-order valence-electron chi connectivity index (χ0n) is 13.3. The number of aliphatic carboxylic acids is 1. The molecule has 0 bridgehead atoms. The number of hydrogen-bond donors (Lipinski definition) is 1. The van der Waals surface area contributed by atoms with Gasteiger partial charge in [0.05, 0.1) is 12.0 Å². The van der Waals surface area contributed by atoms with Gasteiger partial charge in [0.2, 0.25) is 0 Å². The molecule has 22 heavy (non-hydrogen) atoms. The monoisotopic (exact) mass is 298 g/mol. The van der Waals surface area contributed by atoms with Crippen LogP contribution in [0.3, 0.4) is 0 Å². The van der Waals surface area contributed by atoms with Crippen molar-refractivity contribution in [1.29, 1.82) is 0 Å². The zero-order valence-corrected chi connectivity index (χ0v) is 13.3. The lowest BCUT2D eigenvalue weighted by Crippen LogP contribution is -2.34. The minimum absolute atomic E-state index is 0.423. The van der Waals surface area contributed by atoms with Gasteiger partial charge in [-0.05, 0) is 50.5 Å². The molecule has 0 fully saturated rings. The molecule has 2 aromatic carbocycles. The summed E-state index contributed by atoms with van der Waals surface area (Å²) in [6.45, 7) is 6.28. The molecule has 3 heteroatoms. The Balaban J connectivity index is 2.36. The van der Waals surface area contributed by atoms with E-state index in [9.17, 15) is 9.90 Å². The van der Waals surface area contributed by atoms with Crippen molar-refractivity contribution < 1.29 is 14.6 Å². The first-order valence-electron chi connectivity index (χ1n) is 7.48. The molecule has 2 rings (SSSR count). The number of rotatable bonds is 6. The largest absolute Gasteiger partial charge is 0.494 e. The van der Waals surface area contributed by atoms with E-state index in [-0.39, 0.29) is 0 Å². The van der Waals surface area contributed by atoms with Crippen LogP contribution >= 0.6 is 0 Å². The van der Waals surface area contributed by atoms with Gasteiger partial charge in [-0.15, -0.1) is 0 Å². The van der Waals surface area contributed by atoms with E-state index < -0.39 is 11.4 Å². The van der Waals surface area contributed by atoms with Gasteiger partial charge in [-0.25, -0.2) is 0 Å². The average Bonchev–Trinajstić information content (AvgIpc) is 2.47. The Hall–Kier alpha value is -2.29. The SMILES string of the molecule is CCOc1cccc(CC(C)(C(=O)O)c2cccc(C)c2)c1. The molecule has 3 nitrogen and oxygen atoms in total. The first-order chi connectivity index (χ1) is 10.5.